The number of likely N-dealkylation sites (N-methyl/N-ethyl adjacent to an activating group) is 1. The Morgan fingerprint density at radius 3 is 2.33 bits per heavy atom. The van der Waals surface area contributed by atoms with Crippen molar-refractivity contribution in [2.45, 2.75) is 0 Å². The fraction of sp³-hybridized carbons (Fsp3) is 0.167. The van der Waals surface area contributed by atoms with Gasteiger partial charge in [-0.25, -0.2) is 4.68 Å². The lowest BCUT2D eigenvalue weighted by molar-refractivity contribution is 0.0762. The Morgan fingerprint density at radius 1 is 1.08 bits per heavy atom. The van der Waals surface area contributed by atoms with Crippen LogP contribution in [0.25, 0.3) is 16.9 Å². The monoisotopic (exact) mass is 322 g/mol. The van der Waals surface area contributed by atoms with E-state index in [0.717, 1.165) is 11.3 Å². The van der Waals surface area contributed by atoms with Crippen molar-refractivity contribution in [3.63, 3.8) is 0 Å². The topological polar surface area (TPSA) is 71.2 Å². The zero-order chi connectivity index (χ0) is 16.9. The van der Waals surface area contributed by atoms with Crippen LogP contribution in [0.3, 0.4) is 0 Å². The molecule has 1 N–H and O–H groups in total. The molecule has 0 radical (unpaired) electrons. The Bertz CT molecular complexity index is 816. The summed E-state index contributed by atoms with van der Waals surface area (Å²) in [5.74, 6) is -0.273. The highest BCUT2D eigenvalue weighted by Gasteiger charge is 2.24. The lowest BCUT2D eigenvalue weighted by Crippen LogP contribution is -2.30. The number of aromatic nitrogens is 3. The van der Waals surface area contributed by atoms with Crippen LogP contribution in [-0.2, 0) is 0 Å². The lowest BCUT2D eigenvalue weighted by Gasteiger charge is -2.15. The van der Waals surface area contributed by atoms with E-state index < -0.39 is 0 Å². The zero-order valence-electron chi connectivity index (χ0n) is 13.3. The molecule has 1 amide bonds. The predicted octanol–water partition coefficient (Wildman–Crippen LogP) is 2.00. The van der Waals surface area contributed by atoms with Crippen molar-refractivity contribution in [1.82, 2.24) is 19.9 Å². The Morgan fingerprint density at radius 2 is 1.71 bits per heavy atom. The van der Waals surface area contributed by atoms with Crippen molar-refractivity contribution < 1.29 is 9.90 Å². The van der Waals surface area contributed by atoms with E-state index >= 15 is 0 Å². The average Bonchev–Trinajstić information content (AvgIpc) is 3.07. The first-order valence-electron chi connectivity index (χ1n) is 7.65. The number of para-hydroxylation sites is 1. The van der Waals surface area contributed by atoms with E-state index in [1.807, 2.05) is 60.7 Å². The van der Waals surface area contributed by atoms with Gasteiger partial charge in [0.2, 0.25) is 0 Å². The third-order valence-electron chi connectivity index (χ3n) is 3.70. The summed E-state index contributed by atoms with van der Waals surface area (Å²) in [7, 11) is 1.63. The highest BCUT2D eigenvalue weighted by atomic mass is 16.3. The Hall–Kier alpha value is -2.99. The van der Waals surface area contributed by atoms with E-state index in [9.17, 15) is 4.79 Å². The van der Waals surface area contributed by atoms with Crippen molar-refractivity contribution >= 4 is 5.91 Å². The first-order valence-corrected chi connectivity index (χ1v) is 7.65. The van der Waals surface area contributed by atoms with Gasteiger partial charge < -0.3 is 10.0 Å². The highest BCUT2D eigenvalue weighted by molar-refractivity contribution is 5.98. The molecule has 0 atom stereocenters. The van der Waals surface area contributed by atoms with Gasteiger partial charge in [0, 0.05) is 19.2 Å². The van der Waals surface area contributed by atoms with E-state index in [1.54, 1.807) is 11.7 Å². The first-order chi connectivity index (χ1) is 11.7. The Balaban J connectivity index is 2.14. The van der Waals surface area contributed by atoms with Gasteiger partial charge >= 0.3 is 0 Å². The van der Waals surface area contributed by atoms with Crippen molar-refractivity contribution in [2.24, 2.45) is 0 Å². The molecule has 0 saturated carbocycles. The molecular formula is C18H18N4O2. The molecule has 1 heterocycles. The van der Waals surface area contributed by atoms with E-state index in [-0.39, 0.29) is 24.8 Å². The maximum absolute atomic E-state index is 12.7. The molecule has 3 aromatic rings. The van der Waals surface area contributed by atoms with Crippen molar-refractivity contribution in [3.8, 4) is 16.9 Å². The van der Waals surface area contributed by atoms with Crippen molar-refractivity contribution in [2.75, 3.05) is 20.2 Å². The molecule has 0 saturated heterocycles. The number of amides is 1. The maximum atomic E-state index is 12.7. The normalized spacial score (nSPS) is 10.6. The van der Waals surface area contributed by atoms with Crippen LogP contribution in [0.5, 0.6) is 0 Å². The molecule has 0 aliphatic carbocycles. The Labute approximate surface area is 140 Å². The van der Waals surface area contributed by atoms with Gasteiger partial charge in [0.1, 0.15) is 5.69 Å². The summed E-state index contributed by atoms with van der Waals surface area (Å²) in [5.41, 5.74) is 2.58. The second-order valence-corrected chi connectivity index (χ2v) is 5.35. The van der Waals surface area contributed by atoms with Gasteiger partial charge in [0.15, 0.2) is 5.69 Å². The molecular weight excluding hydrogens is 304 g/mol. The van der Waals surface area contributed by atoms with E-state index in [0.29, 0.717) is 5.69 Å². The van der Waals surface area contributed by atoms with Gasteiger partial charge in [-0.2, -0.15) is 0 Å². The number of hydrogen-bond acceptors (Lipinski definition) is 4. The third kappa shape index (κ3) is 3.04. The largest absolute Gasteiger partial charge is 0.395 e. The second-order valence-electron chi connectivity index (χ2n) is 5.35. The maximum Gasteiger partial charge on any atom is 0.276 e. The summed E-state index contributed by atoms with van der Waals surface area (Å²) in [6, 6.07) is 19.1. The van der Waals surface area contributed by atoms with Gasteiger partial charge in [0.05, 0.1) is 12.3 Å². The summed E-state index contributed by atoms with van der Waals surface area (Å²) in [6.45, 7) is 0.140. The summed E-state index contributed by atoms with van der Waals surface area (Å²) >= 11 is 0. The van der Waals surface area contributed by atoms with E-state index in [4.69, 9.17) is 5.11 Å². The zero-order valence-corrected chi connectivity index (χ0v) is 13.3. The van der Waals surface area contributed by atoms with Gasteiger partial charge in [0.25, 0.3) is 5.91 Å². The van der Waals surface area contributed by atoms with E-state index in [1.165, 1.54) is 4.90 Å². The predicted molar refractivity (Wildman–Crippen MR) is 90.8 cm³/mol. The van der Waals surface area contributed by atoms with Crippen molar-refractivity contribution in [1.29, 1.82) is 0 Å². The Kier molecular flexibility index (Phi) is 4.67. The molecule has 0 aliphatic rings. The molecule has 3 rings (SSSR count). The van der Waals surface area contributed by atoms with Gasteiger partial charge in [-0.05, 0) is 12.1 Å². The molecule has 0 spiro atoms. The van der Waals surface area contributed by atoms with Gasteiger partial charge in [-0.3, -0.25) is 4.79 Å². The molecule has 1 aromatic heterocycles. The third-order valence-corrected chi connectivity index (χ3v) is 3.70. The summed E-state index contributed by atoms with van der Waals surface area (Å²) in [4.78, 5) is 14.1. The highest BCUT2D eigenvalue weighted by Crippen LogP contribution is 2.25. The minimum atomic E-state index is -0.273. The summed E-state index contributed by atoms with van der Waals surface area (Å²) in [6.07, 6.45) is 0. The number of benzene rings is 2. The molecule has 24 heavy (non-hydrogen) atoms. The number of hydrogen-bond donors (Lipinski definition) is 1. The van der Waals surface area contributed by atoms with Crippen LogP contribution >= 0.6 is 0 Å². The van der Waals surface area contributed by atoms with Crippen LogP contribution in [0.2, 0.25) is 0 Å². The number of rotatable bonds is 5. The smallest absolute Gasteiger partial charge is 0.276 e. The fourth-order valence-electron chi connectivity index (χ4n) is 2.46. The molecule has 6 nitrogen and oxygen atoms in total. The molecule has 0 fully saturated rings. The molecule has 0 bridgehead atoms. The minimum absolute atomic E-state index is 0.101. The van der Waals surface area contributed by atoms with E-state index in [2.05, 4.69) is 10.3 Å². The standard InChI is InChI=1S/C18H18N4O2/c1-21(12-13-23)18(24)16-17(14-8-4-2-5-9-14)22(20-19-16)15-10-6-3-7-11-15/h2-11,23H,12-13H2,1H3. The van der Waals surface area contributed by atoms with Crippen LogP contribution in [-0.4, -0.2) is 51.1 Å². The van der Waals surface area contributed by atoms with Gasteiger partial charge in [-0.1, -0.05) is 53.7 Å². The number of aliphatic hydroxyl groups is 1. The van der Waals surface area contributed by atoms with Crippen LogP contribution in [0.1, 0.15) is 10.5 Å². The lowest BCUT2D eigenvalue weighted by atomic mass is 10.1. The summed E-state index contributed by atoms with van der Waals surface area (Å²) in [5, 5.41) is 17.4. The molecule has 122 valence electrons. The fourth-order valence-corrected chi connectivity index (χ4v) is 2.46. The average molecular weight is 322 g/mol. The second kappa shape index (κ2) is 7.06. The van der Waals surface area contributed by atoms with Crippen LogP contribution in [0, 0.1) is 0 Å². The minimum Gasteiger partial charge on any atom is -0.395 e. The quantitative estimate of drug-likeness (QED) is 0.780. The van der Waals surface area contributed by atoms with Crippen LogP contribution in [0.15, 0.2) is 60.7 Å². The first kappa shape index (κ1) is 15.9. The SMILES string of the molecule is CN(CCO)C(=O)c1nnn(-c2ccccc2)c1-c1ccccc1. The number of carbonyl (C=O) groups excluding carboxylic acids is 1. The van der Waals surface area contributed by atoms with Crippen molar-refractivity contribution in [3.05, 3.63) is 66.4 Å². The number of nitrogens with zero attached hydrogens (tertiary/aromatic N) is 4. The number of carbonyl (C=O) groups is 1. The van der Waals surface area contributed by atoms with Gasteiger partial charge in [-0.15, -0.1) is 5.10 Å². The summed E-state index contributed by atoms with van der Waals surface area (Å²) < 4.78 is 1.66. The molecule has 0 unspecified atom stereocenters. The molecule has 2 aromatic carbocycles. The van der Waals surface area contributed by atoms with Crippen LogP contribution in [0.4, 0.5) is 0 Å². The number of aliphatic hydroxyl groups excluding tert-OH is 1. The van der Waals surface area contributed by atoms with Crippen LogP contribution < -0.4 is 0 Å². The molecule has 6 heteroatoms. The molecule has 0 aliphatic heterocycles.